The molecule has 0 spiro atoms. The SMILES string of the molecule is Nc1ccn(C2O[C@H](COP(=O)([O-])N[C@H](c3ccccc3)P(=O)([O-])[O-])[C@@H](O)[C@H]2O)c(=O)n1. The van der Waals surface area contributed by atoms with Crippen molar-refractivity contribution in [2.45, 2.75) is 30.3 Å². The second kappa shape index (κ2) is 9.49. The molecule has 1 fully saturated rings. The van der Waals surface area contributed by atoms with Gasteiger partial charge < -0.3 is 44.5 Å². The van der Waals surface area contributed by atoms with Gasteiger partial charge in [0.1, 0.15) is 24.1 Å². The zero-order chi connectivity index (χ0) is 23.7. The average molecular weight is 489 g/mol. The topological polar surface area (TPSA) is 235 Å². The van der Waals surface area contributed by atoms with Crippen molar-refractivity contribution in [2.75, 3.05) is 12.3 Å². The largest absolute Gasteiger partial charge is 0.809 e. The fourth-order valence-electron chi connectivity index (χ4n) is 3.04. The Hall–Kier alpha value is -1.96. The summed E-state index contributed by atoms with van der Waals surface area (Å²) < 4.78 is 34.7. The summed E-state index contributed by atoms with van der Waals surface area (Å²) in [6, 6.07) is 8.09. The molecule has 0 aliphatic carbocycles. The lowest BCUT2D eigenvalue weighted by molar-refractivity contribution is -0.318. The number of nitrogens with two attached hydrogens (primary N) is 1. The van der Waals surface area contributed by atoms with E-state index in [2.05, 4.69) is 9.51 Å². The van der Waals surface area contributed by atoms with Gasteiger partial charge >= 0.3 is 5.69 Å². The number of benzene rings is 1. The Morgan fingerprint density at radius 1 is 1.19 bits per heavy atom. The summed E-state index contributed by atoms with van der Waals surface area (Å²) in [5.41, 5.74) is 4.38. The molecule has 0 bridgehead atoms. The Balaban J connectivity index is 1.70. The molecule has 2 unspecified atom stereocenters. The van der Waals surface area contributed by atoms with Crippen LogP contribution in [0.4, 0.5) is 5.82 Å². The maximum atomic E-state index is 12.3. The van der Waals surface area contributed by atoms with Crippen LogP contribution in [-0.2, 0) is 18.4 Å². The number of nitrogens with zero attached hydrogens (tertiary/aromatic N) is 2. The fourth-order valence-corrected chi connectivity index (χ4v) is 5.43. The van der Waals surface area contributed by atoms with Crippen LogP contribution in [0.25, 0.3) is 0 Å². The van der Waals surface area contributed by atoms with E-state index in [9.17, 15) is 38.8 Å². The zero-order valence-electron chi connectivity index (χ0n) is 16.2. The van der Waals surface area contributed by atoms with Crippen LogP contribution in [0.5, 0.6) is 0 Å². The van der Waals surface area contributed by atoms with Crippen LogP contribution in [-0.4, -0.2) is 44.7 Å². The highest BCUT2D eigenvalue weighted by Crippen LogP contribution is 2.48. The van der Waals surface area contributed by atoms with Crippen molar-refractivity contribution < 1.29 is 43.3 Å². The monoisotopic (exact) mass is 489 g/mol. The molecule has 16 heteroatoms. The predicted octanol–water partition coefficient (Wildman–Crippen LogP) is -2.87. The number of aromatic nitrogens is 2. The minimum Gasteiger partial charge on any atom is -0.809 e. The van der Waals surface area contributed by atoms with Gasteiger partial charge in [-0.2, -0.15) is 4.98 Å². The van der Waals surface area contributed by atoms with Crippen LogP contribution in [0.3, 0.4) is 0 Å². The molecule has 0 radical (unpaired) electrons. The van der Waals surface area contributed by atoms with Crippen LogP contribution in [0.15, 0.2) is 47.4 Å². The van der Waals surface area contributed by atoms with E-state index in [0.717, 1.165) is 4.57 Å². The van der Waals surface area contributed by atoms with E-state index < -0.39 is 58.0 Å². The van der Waals surface area contributed by atoms with Crippen molar-refractivity contribution >= 4 is 21.2 Å². The van der Waals surface area contributed by atoms with Gasteiger partial charge in [0.15, 0.2) is 6.23 Å². The van der Waals surface area contributed by atoms with Crippen molar-refractivity contribution in [3.63, 3.8) is 0 Å². The lowest BCUT2D eigenvalue weighted by Crippen LogP contribution is -2.37. The molecule has 3 rings (SSSR count). The maximum Gasteiger partial charge on any atom is 0.351 e. The number of rotatable bonds is 8. The van der Waals surface area contributed by atoms with E-state index in [-0.39, 0.29) is 11.4 Å². The number of ether oxygens (including phenoxy) is 1. The Labute approximate surface area is 181 Å². The van der Waals surface area contributed by atoms with Gasteiger partial charge in [0.05, 0.1) is 12.4 Å². The quantitative estimate of drug-likeness (QED) is 0.273. The Bertz CT molecular complexity index is 1090. The molecule has 1 aromatic carbocycles. The number of hydrogen-bond donors (Lipinski definition) is 4. The minimum atomic E-state index is -5.46. The highest BCUT2D eigenvalue weighted by Gasteiger charge is 2.44. The molecule has 0 amide bonds. The third kappa shape index (κ3) is 5.69. The van der Waals surface area contributed by atoms with Crippen LogP contribution >= 0.6 is 15.3 Å². The molecule has 6 atom stereocenters. The minimum absolute atomic E-state index is 0.0838. The van der Waals surface area contributed by atoms with Gasteiger partial charge in [0.2, 0.25) is 7.75 Å². The highest BCUT2D eigenvalue weighted by molar-refractivity contribution is 7.53. The standard InChI is InChI=1S/C16H22N4O10P2/c17-11-6-7-20(16(23)18-11)15-13(22)12(21)10(30-15)8-29-32(27,28)19-14(31(24,25)26)9-4-2-1-3-5-9/h1-7,10,12-15,21-22H,8H2,(H2,17,18,23)(H2,19,27,28)(H2,24,25,26)/p-3/t10-,12-,13-,14+,15?/m1/s1. The Morgan fingerprint density at radius 3 is 2.44 bits per heavy atom. The second-order valence-electron chi connectivity index (χ2n) is 6.86. The molecule has 2 aromatic rings. The number of aliphatic hydroxyl groups is 2. The van der Waals surface area contributed by atoms with E-state index in [0.29, 0.717) is 0 Å². The summed E-state index contributed by atoms with van der Waals surface area (Å²) in [4.78, 5) is 50.8. The summed E-state index contributed by atoms with van der Waals surface area (Å²) in [6.45, 7) is -0.858. The van der Waals surface area contributed by atoms with Crippen LogP contribution in [0.1, 0.15) is 17.6 Å². The summed E-state index contributed by atoms with van der Waals surface area (Å²) in [7, 11) is -10.6. The smallest absolute Gasteiger partial charge is 0.351 e. The van der Waals surface area contributed by atoms with Crippen LogP contribution in [0, 0.1) is 0 Å². The summed E-state index contributed by atoms with van der Waals surface area (Å²) in [5, 5.41) is 22.0. The van der Waals surface area contributed by atoms with Gasteiger partial charge in [0, 0.05) is 6.20 Å². The third-order valence-corrected chi connectivity index (χ3v) is 6.91. The number of hydrogen-bond acceptors (Lipinski definition) is 12. The molecule has 2 heterocycles. The van der Waals surface area contributed by atoms with Crippen molar-refractivity contribution in [3.05, 3.63) is 58.6 Å². The van der Waals surface area contributed by atoms with Crippen LogP contribution < -0.4 is 31.2 Å². The zero-order valence-corrected chi connectivity index (χ0v) is 18.0. The number of nitrogen functional groups attached to an aromatic ring is 1. The first-order valence-corrected chi connectivity index (χ1v) is 12.2. The van der Waals surface area contributed by atoms with E-state index in [1.54, 1.807) is 5.09 Å². The number of nitrogens with one attached hydrogen (secondary N) is 1. The fraction of sp³-hybridized carbons (Fsp3) is 0.375. The highest BCUT2D eigenvalue weighted by atomic mass is 31.2. The molecule has 1 saturated heterocycles. The first-order chi connectivity index (χ1) is 14.9. The van der Waals surface area contributed by atoms with E-state index in [1.165, 1.54) is 42.6 Å². The molecule has 1 aliphatic heterocycles. The Morgan fingerprint density at radius 2 is 1.84 bits per heavy atom. The van der Waals surface area contributed by atoms with Crippen molar-refractivity contribution in [2.24, 2.45) is 0 Å². The van der Waals surface area contributed by atoms with Crippen LogP contribution in [0.2, 0.25) is 0 Å². The molecule has 0 saturated carbocycles. The Kier molecular flexibility index (Phi) is 7.32. The number of anilines is 1. The first-order valence-electron chi connectivity index (χ1n) is 9.05. The van der Waals surface area contributed by atoms with Gasteiger partial charge in [0.25, 0.3) is 0 Å². The summed E-state index contributed by atoms with van der Waals surface area (Å²) in [5.74, 6) is -2.21. The lowest BCUT2D eigenvalue weighted by Gasteiger charge is -2.42. The van der Waals surface area contributed by atoms with E-state index >= 15 is 0 Å². The maximum absolute atomic E-state index is 12.3. The molecule has 5 N–H and O–H groups in total. The van der Waals surface area contributed by atoms with E-state index in [1.807, 2.05) is 0 Å². The predicted molar refractivity (Wildman–Crippen MR) is 102 cm³/mol. The first kappa shape index (κ1) is 24.7. The van der Waals surface area contributed by atoms with Gasteiger partial charge in [-0.1, -0.05) is 30.3 Å². The number of aliphatic hydroxyl groups excluding tert-OH is 2. The van der Waals surface area contributed by atoms with Crippen molar-refractivity contribution in [1.82, 2.24) is 14.6 Å². The van der Waals surface area contributed by atoms with Gasteiger partial charge in [-0.15, -0.1) is 0 Å². The average Bonchev–Trinajstić information content (AvgIpc) is 2.99. The summed E-state index contributed by atoms with van der Waals surface area (Å²) >= 11 is 0. The normalized spacial score (nSPS) is 26.5. The van der Waals surface area contributed by atoms with Gasteiger partial charge in [-0.05, 0) is 19.2 Å². The third-order valence-electron chi connectivity index (χ3n) is 4.58. The lowest BCUT2D eigenvalue weighted by atomic mass is 10.1. The molecule has 1 aromatic heterocycles. The molecule has 32 heavy (non-hydrogen) atoms. The molecule has 14 nitrogen and oxygen atoms in total. The summed E-state index contributed by atoms with van der Waals surface area (Å²) in [6.07, 6.45) is -4.99. The molecular weight excluding hydrogens is 470 g/mol. The second-order valence-corrected chi connectivity index (χ2v) is 9.97. The van der Waals surface area contributed by atoms with Crippen molar-refractivity contribution in [3.8, 4) is 0 Å². The van der Waals surface area contributed by atoms with E-state index in [4.69, 9.17) is 10.5 Å². The van der Waals surface area contributed by atoms with Crippen molar-refractivity contribution in [1.29, 1.82) is 0 Å². The molecule has 1 aliphatic rings. The van der Waals surface area contributed by atoms with Gasteiger partial charge in [-0.3, -0.25) is 9.13 Å². The molecular formula is C16H19N4O10P2-3. The molecule has 176 valence electrons. The van der Waals surface area contributed by atoms with Gasteiger partial charge in [-0.25, -0.2) is 9.88 Å².